The number of methoxy groups -OCH3 is 1. The van der Waals surface area contributed by atoms with Crippen molar-refractivity contribution in [2.24, 2.45) is 7.05 Å². The Bertz CT molecular complexity index is 2990. The minimum Gasteiger partial charge on any atom is -0.494 e. The molecule has 5 amide bonds. The molecule has 5 aromatic rings. The number of benzene rings is 3. The number of Topliss-reactive ketones (excluding diaryl/α,β-unsaturated/α-hetero) is 1. The summed E-state index contributed by atoms with van der Waals surface area (Å²) >= 11 is 0. The number of carbonyl (C=O) groups excluding carboxylic acids is 6. The molecule has 0 spiro atoms. The molecule has 19 nitrogen and oxygen atoms in total. The van der Waals surface area contributed by atoms with Crippen molar-refractivity contribution in [1.29, 1.82) is 0 Å². The Balaban J connectivity index is 0.831. The zero-order valence-corrected chi connectivity index (χ0v) is 39.9. The van der Waals surface area contributed by atoms with Crippen LogP contribution in [0.25, 0.3) is 11.0 Å². The molecule has 0 aliphatic carbocycles. The van der Waals surface area contributed by atoms with E-state index in [4.69, 9.17) is 14.2 Å². The second kappa shape index (κ2) is 20.3. The first-order chi connectivity index (χ1) is 33.0. The average Bonchev–Trinajstić information content (AvgIpc) is 3.78. The summed E-state index contributed by atoms with van der Waals surface area (Å²) in [6.07, 6.45) is 4.78. The van der Waals surface area contributed by atoms with E-state index in [1.165, 1.54) is 28.7 Å². The molecule has 5 heterocycles. The summed E-state index contributed by atoms with van der Waals surface area (Å²) in [5, 5.41) is 13.4. The van der Waals surface area contributed by atoms with Crippen molar-refractivity contribution in [2.75, 3.05) is 26.8 Å². The molecule has 1 unspecified atom stereocenters. The zero-order chi connectivity index (χ0) is 49.1. The minimum absolute atomic E-state index is 0.00249. The lowest BCUT2D eigenvalue weighted by atomic mass is 9.85. The quantitative estimate of drug-likeness (QED) is 0.0911. The smallest absolute Gasteiger partial charge is 0.266 e. The lowest BCUT2D eigenvalue weighted by Crippen LogP contribution is -2.54. The highest BCUT2D eigenvalue weighted by molar-refractivity contribution is 7.89. The molecule has 0 radical (unpaired) electrons. The topological polar surface area (TPSA) is 238 Å². The second-order valence-corrected chi connectivity index (χ2v) is 19.6. The number of fused-ring (bicyclic) bond motifs is 3. The number of carbonyl (C=O) groups is 6. The zero-order valence-electron chi connectivity index (χ0n) is 39.1. The molecule has 3 aliphatic heterocycles. The number of aromatic nitrogens is 4. The van der Waals surface area contributed by atoms with Gasteiger partial charge in [0.25, 0.3) is 17.7 Å². The maximum atomic E-state index is 14.3. The fourth-order valence-electron chi connectivity index (χ4n) is 9.14. The van der Waals surface area contributed by atoms with E-state index in [2.05, 4.69) is 25.9 Å². The Morgan fingerprint density at radius 1 is 0.986 bits per heavy atom. The monoisotopic (exact) mass is 962 g/mol. The number of rotatable bonds is 18. The Hall–Kier alpha value is -7.06. The van der Waals surface area contributed by atoms with Gasteiger partial charge in [-0.1, -0.05) is 42.3 Å². The first-order valence-electron chi connectivity index (χ1n) is 22.9. The van der Waals surface area contributed by atoms with E-state index in [-0.39, 0.29) is 71.6 Å². The standard InChI is InChI=1S/C49H54N8O11S/c1-28-14-15-31(36(19-29(2)58)32-21-37-46(41(22-32)66-5)55(4)54-53-37)20-33(28)26-56-25-30(3)68-40-23-34(51-24-42(40)69(56,64)65)11-8-6-7-9-18-50-44(60)27-67-39-13-10-12-35-45(39)49(63)57(48(35)62)38-16-17-43(59)52-47(38)61/h10,12-15,20-24,30,36,38H,6-9,11,16-19,25-27H2,1-5H3,(H,50,60)(H,52,59,61)/t30-,36+,38?/m1/s1. The van der Waals surface area contributed by atoms with Crippen LogP contribution in [0.3, 0.4) is 0 Å². The third kappa shape index (κ3) is 10.2. The predicted octanol–water partition coefficient (Wildman–Crippen LogP) is 4.46. The third-order valence-corrected chi connectivity index (χ3v) is 14.5. The summed E-state index contributed by atoms with van der Waals surface area (Å²) < 4.78 is 49.3. The van der Waals surface area contributed by atoms with Gasteiger partial charge in [0.15, 0.2) is 6.61 Å². The number of ketones is 1. The van der Waals surface area contributed by atoms with Crippen molar-refractivity contribution in [3.63, 3.8) is 0 Å². The van der Waals surface area contributed by atoms with Crippen LogP contribution < -0.4 is 24.8 Å². The summed E-state index contributed by atoms with van der Waals surface area (Å²) in [5.41, 5.74) is 5.46. The Morgan fingerprint density at radius 2 is 1.78 bits per heavy atom. The van der Waals surface area contributed by atoms with Crippen LogP contribution in [0.5, 0.6) is 17.2 Å². The summed E-state index contributed by atoms with van der Waals surface area (Å²) in [5.74, 6) is -2.47. The highest BCUT2D eigenvalue weighted by Gasteiger charge is 2.46. The Labute approximate surface area is 398 Å². The molecule has 0 saturated carbocycles. The Morgan fingerprint density at radius 3 is 2.55 bits per heavy atom. The van der Waals surface area contributed by atoms with Crippen molar-refractivity contribution in [1.82, 2.24) is 39.8 Å². The van der Waals surface area contributed by atoms with E-state index in [1.54, 1.807) is 31.8 Å². The van der Waals surface area contributed by atoms with Gasteiger partial charge in [-0.2, -0.15) is 4.31 Å². The van der Waals surface area contributed by atoms with E-state index >= 15 is 0 Å². The van der Waals surface area contributed by atoms with Gasteiger partial charge in [-0.15, -0.1) is 5.10 Å². The van der Waals surface area contributed by atoms with Gasteiger partial charge in [-0.25, -0.2) is 13.1 Å². The third-order valence-electron chi connectivity index (χ3n) is 12.7. The highest BCUT2D eigenvalue weighted by atomic mass is 32.2. The lowest BCUT2D eigenvalue weighted by Gasteiger charge is -2.27. The van der Waals surface area contributed by atoms with Crippen molar-refractivity contribution >= 4 is 56.4 Å². The van der Waals surface area contributed by atoms with E-state index in [1.807, 2.05) is 44.2 Å². The van der Waals surface area contributed by atoms with Crippen LogP contribution in [0.15, 0.2) is 65.7 Å². The molecular formula is C49H54N8O11S. The number of unbranched alkanes of at least 4 members (excludes halogenated alkanes) is 3. The Kier molecular flexibility index (Phi) is 14.2. The van der Waals surface area contributed by atoms with Crippen molar-refractivity contribution < 1.29 is 51.4 Å². The number of hydrogen-bond acceptors (Lipinski definition) is 14. The van der Waals surface area contributed by atoms with Crippen molar-refractivity contribution in [3.05, 3.63) is 99.9 Å². The van der Waals surface area contributed by atoms with Gasteiger partial charge in [0.2, 0.25) is 21.8 Å². The average molecular weight is 963 g/mol. The van der Waals surface area contributed by atoms with Crippen LogP contribution in [0.4, 0.5) is 0 Å². The van der Waals surface area contributed by atoms with Crippen LogP contribution in [0, 0.1) is 6.92 Å². The number of aryl methyl sites for hydroxylation is 3. The largest absolute Gasteiger partial charge is 0.494 e. The van der Waals surface area contributed by atoms with Crippen LogP contribution in [0.1, 0.15) is 113 Å². The maximum Gasteiger partial charge on any atom is 0.266 e. The van der Waals surface area contributed by atoms with Gasteiger partial charge in [0, 0.05) is 50.7 Å². The lowest BCUT2D eigenvalue weighted by molar-refractivity contribution is -0.136. The number of sulfonamides is 1. The number of ether oxygens (including phenoxy) is 3. The minimum atomic E-state index is -4.04. The molecule has 3 aliphatic rings. The van der Waals surface area contributed by atoms with Gasteiger partial charge in [0.05, 0.1) is 31.0 Å². The molecule has 1 fully saturated rings. The molecule has 1 saturated heterocycles. The fourth-order valence-corrected chi connectivity index (χ4v) is 10.7. The first kappa shape index (κ1) is 48.4. The first-order valence-corrected chi connectivity index (χ1v) is 24.3. The summed E-state index contributed by atoms with van der Waals surface area (Å²) in [6.45, 7) is 5.48. The molecule has 69 heavy (non-hydrogen) atoms. The molecule has 2 N–H and O–H groups in total. The van der Waals surface area contributed by atoms with Gasteiger partial charge >= 0.3 is 0 Å². The number of nitrogens with one attached hydrogen (secondary N) is 2. The fraction of sp³-hybridized carbons (Fsp3) is 0.408. The molecule has 8 rings (SSSR count). The molecule has 2 aromatic heterocycles. The SMILES string of the molecule is COc1cc([C@@H](CC(C)=O)c2ccc(C)c(CN3C[C@@H](C)Oc4cc(CCCCCCNC(=O)COc5cccc6c5C(=O)N(C5CCC(=O)NC5=O)C6=O)ncc4S3(=O)=O)c2)cc2nnn(C)c12. The van der Waals surface area contributed by atoms with Crippen LogP contribution in [-0.2, 0) is 49.2 Å². The normalized spacial score (nSPS) is 18.2. The molecule has 0 bridgehead atoms. The number of imide groups is 2. The summed E-state index contributed by atoms with van der Waals surface area (Å²) in [7, 11) is -0.677. The van der Waals surface area contributed by atoms with E-state index in [0.29, 0.717) is 36.3 Å². The van der Waals surface area contributed by atoms with Crippen LogP contribution in [-0.4, -0.2) is 112 Å². The molecule has 3 aromatic carbocycles. The highest BCUT2D eigenvalue weighted by Crippen LogP contribution is 2.38. The van der Waals surface area contributed by atoms with Gasteiger partial charge < -0.3 is 19.5 Å². The number of hydrogen-bond donors (Lipinski definition) is 2. The predicted molar refractivity (Wildman–Crippen MR) is 249 cm³/mol. The number of piperidine rings is 1. The van der Waals surface area contributed by atoms with Crippen LogP contribution >= 0.6 is 0 Å². The number of amides is 5. The van der Waals surface area contributed by atoms with Crippen molar-refractivity contribution in [2.45, 2.75) is 102 Å². The number of nitrogens with zero attached hydrogens (tertiary/aromatic N) is 6. The van der Waals surface area contributed by atoms with Gasteiger partial charge in [0.1, 0.15) is 51.1 Å². The summed E-state index contributed by atoms with van der Waals surface area (Å²) in [6, 6.07) is 14.7. The summed E-state index contributed by atoms with van der Waals surface area (Å²) in [4.78, 5) is 81.1. The van der Waals surface area contributed by atoms with E-state index in [9.17, 15) is 37.2 Å². The molecule has 20 heteroatoms. The van der Waals surface area contributed by atoms with Gasteiger partial charge in [-0.3, -0.25) is 44.0 Å². The molecule has 362 valence electrons. The second-order valence-electron chi connectivity index (χ2n) is 17.7. The van der Waals surface area contributed by atoms with Gasteiger partial charge in [-0.05, 0) is 93.0 Å². The van der Waals surface area contributed by atoms with E-state index < -0.39 is 58.3 Å². The van der Waals surface area contributed by atoms with Crippen molar-refractivity contribution in [3.8, 4) is 17.2 Å². The number of pyridine rings is 1. The maximum absolute atomic E-state index is 14.3. The van der Waals surface area contributed by atoms with Crippen LogP contribution in [0.2, 0.25) is 0 Å². The molecular weight excluding hydrogens is 909 g/mol. The molecule has 3 atom stereocenters. The van der Waals surface area contributed by atoms with E-state index in [0.717, 1.165) is 51.9 Å².